The van der Waals surface area contributed by atoms with E-state index in [0.29, 0.717) is 23.0 Å². The van der Waals surface area contributed by atoms with Gasteiger partial charge in [-0.15, -0.1) is 10.2 Å². The lowest BCUT2D eigenvalue weighted by Gasteiger charge is -2.13. The van der Waals surface area contributed by atoms with Crippen molar-refractivity contribution in [2.75, 3.05) is 5.32 Å². The van der Waals surface area contributed by atoms with Crippen molar-refractivity contribution >= 4 is 23.4 Å². The van der Waals surface area contributed by atoms with Crippen LogP contribution in [0.4, 0.5) is 5.69 Å². The van der Waals surface area contributed by atoms with E-state index < -0.39 is 0 Å². The summed E-state index contributed by atoms with van der Waals surface area (Å²) in [6.45, 7) is 4.56. The van der Waals surface area contributed by atoms with Gasteiger partial charge in [-0.1, -0.05) is 48.2 Å². The number of carbonyl (C=O) groups excluding carboxylic acids is 1. The van der Waals surface area contributed by atoms with Crippen molar-refractivity contribution in [2.45, 2.75) is 30.8 Å². The molecule has 3 rings (SSSR count). The highest BCUT2D eigenvalue weighted by Crippen LogP contribution is 2.27. The number of hydrogen-bond acceptors (Lipinski definition) is 5. The zero-order chi connectivity index (χ0) is 19.2. The summed E-state index contributed by atoms with van der Waals surface area (Å²) >= 11 is 1.36. The highest BCUT2D eigenvalue weighted by atomic mass is 32.2. The highest BCUT2D eigenvalue weighted by molar-refractivity contribution is 8.00. The number of aromatic nitrogens is 3. The molecule has 1 amide bonds. The second-order valence-corrected chi connectivity index (χ2v) is 7.17. The standard InChI is InChI=1S/C20H19N5OS/c1-3-25-18(16-9-5-4-6-10-16)23-24-20(25)27-14(2)19(26)22-17-11-7-8-15(12-17)13-21/h4-12,14H,3H2,1-2H3,(H,22,26)/t14-/m1/s1. The molecule has 6 nitrogen and oxygen atoms in total. The van der Waals surface area contributed by atoms with E-state index >= 15 is 0 Å². The smallest absolute Gasteiger partial charge is 0.237 e. The highest BCUT2D eigenvalue weighted by Gasteiger charge is 2.20. The molecule has 1 atom stereocenters. The maximum atomic E-state index is 12.5. The van der Waals surface area contributed by atoms with E-state index in [4.69, 9.17) is 5.26 Å². The van der Waals surface area contributed by atoms with Gasteiger partial charge in [0.25, 0.3) is 0 Å². The quantitative estimate of drug-likeness (QED) is 0.658. The first-order valence-corrected chi connectivity index (χ1v) is 9.46. The SMILES string of the molecule is CCn1c(S[C@H](C)C(=O)Nc2cccc(C#N)c2)nnc1-c1ccccc1. The maximum absolute atomic E-state index is 12.5. The Hall–Kier alpha value is -3.11. The fraction of sp³-hybridized carbons (Fsp3) is 0.200. The average Bonchev–Trinajstić information content (AvgIpc) is 3.11. The molecule has 7 heteroatoms. The minimum atomic E-state index is -0.367. The van der Waals surface area contributed by atoms with Crippen LogP contribution in [0.1, 0.15) is 19.4 Å². The van der Waals surface area contributed by atoms with Gasteiger partial charge in [0, 0.05) is 17.8 Å². The molecule has 0 fully saturated rings. The van der Waals surface area contributed by atoms with Gasteiger partial charge in [-0.3, -0.25) is 4.79 Å². The first kappa shape index (κ1) is 18.7. The first-order chi connectivity index (χ1) is 13.1. The van der Waals surface area contributed by atoms with Gasteiger partial charge in [-0.05, 0) is 32.0 Å². The topological polar surface area (TPSA) is 83.6 Å². The number of carbonyl (C=O) groups is 1. The zero-order valence-electron chi connectivity index (χ0n) is 15.1. The number of thioether (sulfide) groups is 1. The fourth-order valence-corrected chi connectivity index (χ4v) is 3.50. The van der Waals surface area contributed by atoms with Crippen molar-refractivity contribution in [2.24, 2.45) is 0 Å². The zero-order valence-corrected chi connectivity index (χ0v) is 15.9. The van der Waals surface area contributed by atoms with Crippen molar-refractivity contribution < 1.29 is 4.79 Å². The second kappa shape index (κ2) is 8.52. The molecular formula is C20H19N5OS. The third-order valence-electron chi connectivity index (χ3n) is 3.98. The number of nitriles is 1. The lowest BCUT2D eigenvalue weighted by atomic mass is 10.2. The van der Waals surface area contributed by atoms with Crippen molar-refractivity contribution in [1.82, 2.24) is 14.8 Å². The number of nitrogens with zero attached hydrogens (tertiary/aromatic N) is 4. The van der Waals surface area contributed by atoms with Crippen LogP contribution in [0.25, 0.3) is 11.4 Å². The molecule has 0 saturated carbocycles. The van der Waals surface area contributed by atoms with Crippen LogP contribution in [-0.4, -0.2) is 25.9 Å². The molecular weight excluding hydrogens is 358 g/mol. The van der Waals surface area contributed by atoms with Gasteiger partial charge in [0.05, 0.1) is 16.9 Å². The molecule has 1 aromatic heterocycles. The molecule has 2 aromatic carbocycles. The predicted molar refractivity (Wildman–Crippen MR) is 106 cm³/mol. The lowest BCUT2D eigenvalue weighted by molar-refractivity contribution is -0.115. The average molecular weight is 377 g/mol. The number of rotatable bonds is 6. The summed E-state index contributed by atoms with van der Waals surface area (Å²) in [5.41, 5.74) is 2.10. The Balaban J connectivity index is 1.74. The van der Waals surface area contributed by atoms with Gasteiger partial charge in [-0.2, -0.15) is 5.26 Å². The summed E-state index contributed by atoms with van der Waals surface area (Å²) < 4.78 is 2.00. The Bertz CT molecular complexity index is 978. The van der Waals surface area contributed by atoms with Crippen molar-refractivity contribution in [3.8, 4) is 17.5 Å². The van der Waals surface area contributed by atoms with Gasteiger partial charge < -0.3 is 9.88 Å². The fourth-order valence-electron chi connectivity index (χ4n) is 2.58. The van der Waals surface area contributed by atoms with E-state index in [1.54, 1.807) is 24.3 Å². The normalized spacial score (nSPS) is 11.6. The number of amides is 1. The summed E-state index contributed by atoms with van der Waals surface area (Å²) in [6, 6.07) is 18.8. The molecule has 0 aliphatic carbocycles. The Kier molecular flexibility index (Phi) is 5.89. The molecule has 0 bridgehead atoms. The van der Waals surface area contributed by atoms with Crippen LogP contribution < -0.4 is 5.32 Å². The summed E-state index contributed by atoms with van der Waals surface area (Å²) in [4.78, 5) is 12.5. The summed E-state index contributed by atoms with van der Waals surface area (Å²) in [5, 5.41) is 20.7. The van der Waals surface area contributed by atoms with E-state index in [1.807, 2.05) is 48.7 Å². The first-order valence-electron chi connectivity index (χ1n) is 8.58. The van der Waals surface area contributed by atoms with Crippen LogP contribution in [-0.2, 0) is 11.3 Å². The Morgan fingerprint density at radius 1 is 1.22 bits per heavy atom. The Labute approximate surface area is 162 Å². The summed E-state index contributed by atoms with van der Waals surface area (Å²) in [7, 11) is 0. The van der Waals surface area contributed by atoms with E-state index in [0.717, 1.165) is 11.4 Å². The number of benzene rings is 2. The van der Waals surface area contributed by atoms with Crippen molar-refractivity contribution in [3.63, 3.8) is 0 Å². The van der Waals surface area contributed by atoms with E-state index in [1.165, 1.54) is 11.8 Å². The van der Waals surface area contributed by atoms with Gasteiger partial charge in [0.1, 0.15) is 0 Å². The molecule has 1 N–H and O–H groups in total. The molecule has 1 heterocycles. The minimum Gasteiger partial charge on any atom is -0.325 e. The third kappa shape index (κ3) is 4.36. The van der Waals surface area contributed by atoms with Gasteiger partial charge in [-0.25, -0.2) is 0 Å². The molecule has 0 unspecified atom stereocenters. The number of hydrogen-bond donors (Lipinski definition) is 1. The minimum absolute atomic E-state index is 0.151. The molecule has 136 valence electrons. The van der Waals surface area contributed by atoms with E-state index in [9.17, 15) is 4.79 Å². The van der Waals surface area contributed by atoms with Crippen LogP contribution in [0.2, 0.25) is 0 Å². The largest absolute Gasteiger partial charge is 0.325 e. The predicted octanol–water partition coefficient (Wildman–Crippen LogP) is 3.96. The lowest BCUT2D eigenvalue weighted by Crippen LogP contribution is -2.23. The Morgan fingerprint density at radius 3 is 2.70 bits per heavy atom. The van der Waals surface area contributed by atoms with Gasteiger partial charge in [0.15, 0.2) is 11.0 Å². The van der Waals surface area contributed by atoms with E-state index in [-0.39, 0.29) is 11.2 Å². The number of anilines is 1. The molecule has 0 aliphatic rings. The molecule has 0 saturated heterocycles. The molecule has 27 heavy (non-hydrogen) atoms. The molecule has 0 spiro atoms. The van der Waals surface area contributed by atoms with Crippen LogP contribution in [0.15, 0.2) is 59.8 Å². The molecule has 0 radical (unpaired) electrons. The molecule has 3 aromatic rings. The van der Waals surface area contributed by atoms with Gasteiger partial charge in [0.2, 0.25) is 5.91 Å². The van der Waals surface area contributed by atoms with Crippen molar-refractivity contribution in [3.05, 3.63) is 60.2 Å². The van der Waals surface area contributed by atoms with Crippen LogP contribution in [0.3, 0.4) is 0 Å². The maximum Gasteiger partial charge on any atom is 0.237 e. The summed E-state index contributed by atoms with van der Waals surface area (Å²) in [6.07, 6.45) is 0. The van der Waals surface area contributed by atoms with Crippen LogP contribution in [0, 0.1) is 11.3 Å². The third-order valence-corrected chi connectivity index (χ3v) is 5.06. The van der Waals surface area contributed by atoms with E-state index in [2.05, 4.69) is 21.6 Å². The van der Waals surface area contributed by atoms with Crippen LogP contribution >= 0.6 is 11.8 Å². The van der Waals surface area contributed by atoms with Crippen molar-refractivity contribution in [1.29, 1.82) is 5.26 Å². The monoisotopic (exact) mass is 377 g/mol. The second-order valence-electron chi connectivity index (χ2n) is 5.86. The Morgan fingerprint density at radius 2 is 2.00 bits per heavy atom. The number of nitrogens with one attached hydrogen (secondary N) is 1. The molecule has 0 aliphatic heterocycles. The van der Waals surface area contributed by atoms with Gasteiger partial charge >= 0.3 is 0 Å². The van der Waals surface area contributed by atoms with Crippen LogP contribution in [0.5, 0.6) is 0 Å². The summed E-state index contributed by atoms with van der Waals surface area (Å²) in [5.74, 6) is 0.636.